The maximum absolute atomic E-state index is 12.6. The SMILES string of the molecule is C=Cc1cccc2c1CN(C(=O)O[C@@H]1C[C@H](C)N(C(C)(C)C)C1)C2. The number of hydrogen-bond acceptors (Lipinski definition) is 3. The minimum absolute atomic E-state index is 0.0192. The summed E-state index contributed by atoms with van der Waals surface area (Å²) in [6, 6.07) is 6.57. The van der Waals surface area contributed by atoms with Crippen LogP contribution in [0, 0.1) is 0 Å². The molecule has 0 N–H and O–H groups in total. The number of benzene rings is 1. The van der Waals surface area contributed by atoms with Crippen molar-refractivity contribution >= 4 is 12.2 Å². The number of fused-ring (bicyclic) bond motifs is 1. The zero-order valence-corrected chi connectivity index (χ0v) is 15.2. The Morgan fingerprint density at radius 1 is 1.33 bits per heavy atom. The minimum atomic E-state index is -0.200. The first-order valence-electron chi connectivity index (χ1n) is 8.75. The molecule has 4 heteroatoms. The van der Waals surface area contributed by atoms with E-state index in [0.29, 0.717) is 19.1 Å². The lowest BCUT2D eigenvalue weighted by atomic mass is 10.0. The number of likely N-dealkylation sites (tertiary alicyclic amines) is 1. The number of rotatable bonds is 2. The second-order valence-corrected chi connectivity index (χ2v) is 7.96. The Labute approximate surface area is 145 Å². The molecule has 1 aromatic carbocycles. The van der Waals surface area contributed by atoms with E-state index >= 15 is 0 Å². The molecule has 0 saturated carbocycles. The summed E-state index contributed by atoms with van der Waals surface area (Å²) in [5.74, 6) is 0. The molecule has 4 nitrogen and oxygen atoms in total. The van der Waals surface area contributed by atoms with Gasteiger partial charge in [-0.05, 0) is 44.4 Å². The maximum atomic E-state index is 12.6. The number of ether oxygens (including phenoxy) is 1. The van der Waals surface area contributed by atoms with Crippen molar-refractivity contribution in [2.45, 2.75) is 64.9 Å². The van der Waals surface area contributed by atoms with Crippen molar-refractivity contribution in [3.05, 3.63) is 41.5 Å². The van der Waals surface area contributed by atoms with E-state index in [1.807, 2.05) is 18.2 Å². The van der Waals surface area contributed by atoms with Crippen LogP contribution in [0.4, 0.5) is 4.79 Å². The predicted octanol–water partition coefficient (Wildman–Crippen LogP) is 4.04. The molecule has 0 unspecified atom stereocenters. The predicted molar refractivity (Wildman–Crippen MR) is 96.6 cm³/mol. The van der Waals surface area contributed by atoms with Gasteiger partial charge in [-0.1, -0.05) is 30.9 Å². The summed E-state index contributed by atoms with van der Waals surface area (Å²) in [6.45, 7) is 14.8. The largest absolute Gasteiger partial charge is 0.445 e. The highest BCUT2D eigenvalue weighted by molar-refractivity contribution is 5.70. The van der Waals surface area contributed by atoms with Gasteiger partial charge in [0.15, 0.2) is 0 Å². The van der Waals surface area contributed by atoms with Crippen molar-refractivity contribution in [2.24, 2.45) is 0 Å². The summed E-state index contributed by atoms with van der Waals surface area (Å²) < 4.78 is 5.82. The molecule has 2 aliphatic rings. The van der Waals surface area contributed by atoms with E-state index in [0.717, 1.165) is 18.5 Å². The first-order valence-corrected chi connectivity index (χ1v) is 8.75. The number of nitrogens with zero attached hydrogens (tertiary/aromatic N) is 2. The van der Waals surface area contributed by atoms with Gasteiger partial charge in [-0.3, -0.25) is 9.80 Å². The molecule has 0 radical (unpaired) electrons. The average Bonchev–Trinajstić information content (AvgIpc) is 3.09. The van der Waals surface area contributed by atoms with Gasteiger partial charge in [0.1, 0.15) is 6.10 Å². The van der Waals surface area contributed by atoms with Crippen LogP contribution in [0.25, 0.3) is 6.08 Å². The Kier molecular flexibility index (Phi) is 4.43. The van der Waals surface area contributed by atoms with Crippen molar-refractivity contribution in [1.29, 1.82) is 0 Å². The average molecular weight is 328 g/mol. The van der Waals surface area contributed by atoms with E-state index in [9.17, 15) is 4.79 Å². The van der Waals surface area contributed by atoms with Crippen LogP contribution in [-0.2, 0) is 17.8 Å². The van der Waals surface area contributed by atoms with Gasteiger partial charge >= 0.3 is 6.09 Å². The molecule has 2 aliphatic heterocycles. The standard InChI is InChI=1S/C20H28N2O2/c1-6-15-8-7-9-16-11-21(13-18(15)16)19(23)24-17-10-14(2)22(12-17)20(3,4)5/h6-9,14,17H,1,10-13H2,2-5H3/t14-,17+/m0/s1. The minimum Gasteiger partial charge on any atom is -0.445 e. The van der Waals surface area contributed by atoms with Gasteiger partial charge in [-0.2, -0.15) is 0 Å². The second-order valence-electron chi connectivity index (χ2n) is 7.96. The zero-order valence-electron chi connectivity index (χ0n) is 15.2. The van der Waals surface area contributed by atoms with Crippen LogP contribution in [-0.4, -0.2) is 40.1 Å². The highest BCUT2D eigenvalue weighted by atomic mass is 16.6. The highest BCUT2D eigenvalue weighted by Crippen LogP contribution is 2.30. The normalized spacial score (nSPS) is 24.1. The van der Waals surface area contributed by atoms with Crippen molar-refractivity contribution < 1.29 is 9.53 Å². The quantitative estimate of drug-likeness (QED) is 0.821. The Bertz CT molecular complexity index is 648. The van der Waals surface area contributed by atoms with Gasteiger partial charge in [0.05, 0.1) is 6.54 Å². The number of amides is 1. The van der Waals surface area contributed by atoms with Crippen LogP contribution >= 0.6 is 0 Å². The fraction of sp³-hybridized carbons (Fsp3) is 0.550. The summed E-state index contributed by atoms with van der Waals surface area (Å²) in [5.41, 5.74) is 3.60. The first-order chi connectivity index (χ1) is 11.3. The van der Waals surface area contributed by atoms with Gasteiger partial charge in [0, 0.05) is 31.1 Å². The molecule has 2 heterocycles. The third kappa shape index (κ3) is 3.20. The molecule has 0 aliphatic carbocycles. The lowest BCUT2D eigenvalue weighted by Crippen LogP contribution is -2.44. The van der Waals surface area contributed by atoms with Crippen LogP contribution in [0.3, 0.4) is 0 Å². The molecular formula is C20H28N2O2. The highest BCUT2D eigenvalue weighted by Gasteiger charge is 2.38. The molecule has 1 aromatic rings. The van der Waals surface area contributed by atoms with Gasteiger partial charge in [-0.15, -0.1) is 0 Å². The third-order valence-corrected chi connectivity index (χ3v) is 5.16. The monoisotopic (exact) mass is 328 g/mol. The fourth-order valence-electron chi connectivity index (χ4n) is 3.99. The summed E-state index contributed by atoms with van der Waals surface area (Å²) in [4.78, 5) is 16.8. The van der Waals surface area contributed by atoms with Crippen LogP contribution < -0.4 is 0 Å². The summed E-state index contributed by atoms with van der Waals surface area (Å²) in [5, 5.41) is 0. The summed E-state index contributed by atoms with van der Waals surface area (Å²) in [7, 11) is 0. The Hall–Kier alpha value is -1.81. The van der Waals surface area contributed by atoms with Crippen molar-refractivity contribution in [1.82, 2.24) is 9.80 Å². The van der Waals surface area contributed by atoms with E-state index in [-0.39, 0.29) is 17.7 Å². The molecule has 0 spiro atoms. The van der Waals surface area contributed by atoms with Gasteiger partial charge in [-0.25, -0.2) is 4.79 Å². The smallest absolute Gasteiger partial charge is 0.410 e. The second kappa shape index (κ2) is 6.25. The van der Waals surface area contributed by atoms with E-state index < -0.39 is 0 Å². The molecule has 2 atom stereocenters. The van der Waals surface area contributed by atoms with Crippen LogP contribution in [0.15, 0.2) is 24.8 Å². The Balaban J connectivity index is 1.63. The maximum Gasteiger partial charge on any atom is 0.410 e. The Morgan fingerprint density at radius 3 is 2.71 bits per heavy atom. The molecular weight excluding hydrogens is 300 g/mol. The number of carbonyl (C=O) groups is 1. The van der Waals surface area contributed by atoms with Crippen LogP contribution in [0.1, 0.15) is 50.8 Å². The molecule has 1 fully saturated rings. The third-order valence-electron chi connectivity index (χ3n) is 5.16. The molecule has 3 rings (SSSR count). The molecule has 24 heavy (non-hydrogen) atoms. The first kappa shape index (κ1) is 17.0. The molecule has 130 valence electrons. The van der Waals surface area contributed by atoms with Gasteiger partial charge in [0.25, 0.3) is 0 Å². The fourth-order valence-corrected chi connectivity index (χ4v) is 3.99. The molecule has 0 bridgehead atoms. The lowest BCUT2D eigenvalue weighted by Gasteiger charge is -2.35. The van der Waals surface area contributed by atoms with E-state index in [4.69, 9.17) is 4.74 Å². The van der Waals surface area contributed by atoms with E-state index in [1.54, 1.807) is 4.90 Å². The van der Waals surface area contributed by atoms with Gasteiger partial charge in [0.2, 0.25) is 0 Å². The number of carbonyl (C=O) groups excluding carboxylic acids is 1. The van der Waals surface area contributed by atoms with Crippen molar-refractivity contribution in [3.63, 3.8) is 0 Å². The van der Waals surface area contributed by atoms with Crippen LogP contribution in [0.5, 0.6) is 0 Å². The molecule has 1 amide bonds. The van der Waals surface area contributed by atoms with Crippen LogP contribution in [0.2, 0.25) is 0 Å². The lowest BCUT2D eigenvalue weighted by molar-refractivity contribution is 0.0568. The molecule has 0 aromatic heterocycles. The van der Waals surface area contributed by atoms with E-state index in [2.05, 4.69) is 45.2 Å². The Morgan fingerprint density at radius 2 is 2.08 bits per heavy atom. The van der Waals surface area contributed by atoms with E-state index in [1.165, 1.54) is 11.1 Å². The summed E-state index contributed by atoms with van der Waals surface area (Å²) >= 11 is 0. The zero-order chi connectivity index (χ0) is 17.5. The van der Waals surface area contributed by atoms with Crippen molar-refractivity contribution in [3.8, 4) is 0 Å². The van der Waals surface area contributed by atoms with Gasteiger partial charge < -0.3 is 4.74 Å². The van der Waals surface area contributed by atoms with Crippen molar-refractivity contribution in [2.75, 3.05) is 6.54 Å². The molecule has 1 saturated heterocycles. The summed E-state index contributed by atoms with van der Waals surface area (Å²) in [6.07, 6.45) is 2.54. The topological polar surface area (TPSA) is 32.8 Å². The number of hydrogen-bond donors (Lipinski definition) is 0.